The summed E-state index contributed by atoms with van der Waals surface area (Å²) in [7, 11) is 1.93. The number of H-pyrrole nitrogens is 1. The van der Waals surface area contributed by atoms with E-state index in [2.05, 4.69) is 10.1 Å². The minimum absolute atomic E-state index is 0.669. The van der Waals surface area contributed by atoms with Gasteiger partial charge in [-0.1, -0.05) is 0 Å². The predicted octanol–water partition coefficient (Wildman–Crippen LogP) is 1.78. The van der Waals surface area contributed by atoms with Crippen molar-refractivity contribution in [1.29, 1.82) is 0 Å². The molecule has 5 nitrogen and oxygen atoms in total. The molecule has 6 heteroatoms. The number of aryl methyl sites for hydroxylation is 2. The van der Waals surface area contributed by atoms with Gasteiger partial charge < -0.3 is 9.72 Å². The fraction of sp³-hybridized carbons (Fsp3) is 0.600. The van der Waals surface area contributed by atoms with E-state index in [4.69, 9.17) is 17.0 Å². The normalized spacial score (nSPS) is 11.4. The van der Waals surface area contributed by atoms with Gasteiger partial charge >= 0.3 is 0 Å². The van der Waals surface area contributed by atoms with Gasteiger partial charge in [-0.25, -0.2) is 0 Å². The molecule has 0 radical (unpaired) electrons. The molecule has 2 aromatic rings. The topological polar surface area (TPSA) is 47.8 Å². The van der Waals surface area contributed by atoms with E-state index in [9.17, 15) is 0 Å². The van der Waals surface area contributed by atoms with E-state index in [0.717, 1.165) is 34.8 Å². The summed E-state index contributed by atoms with van der Waals surface area (Å²) < 4.78 is 9.95. The van der Waals surface area contributed by atoms with Crippen LogP contribution >= 0.6 is 12.2 Å². The second kappa shape index (κ2) is 4.39. The summed E-state index contributed by atoms with van der Waals surface area (Å²) in [6.45, 7) is 6.11. The summed E-state index contributed by atoms with van der Waals surface area (Å²) >= 11 is 5.29. The Kier molecular flexibility index (Phi) is 3.11. The Bertz CT molecular complexity index is 551. The summed E-state index contributed by atoms with van der Waals surface area (Å²) in [5.41, 5.74) is 3.02. The highest BCUT2D eigenvalue weighted by atomic mass is 32.1. The first kappa shape index (κ1) is 11.3. The number of fused-ring (bicyclic) bond motifs is 1. The van der Waals surface area contributed by atoms with Gasteiger partial charge in [0.05, 0.1) is 18.8 Å². The summed E-state index contributed by atoms with van der Waals surface area (Å²) in [4.78, 5) is 3.18. The zero-order valence-electron chi connectivity index (χ0n) is 9.78. The van der Waals surface area contributed by atoms with Gasteiger partial charge in [0.25, 0.3) is 0 Å². The maximum atomic E-state index is 5.35. The lowest BCUT2D eigenvalue weighted by atomic mass is 10.4. The molecule has 1 N–H and O–H groups in total. The van der Waals surface area contributed by atoms with Gasteiger partial charge in [-0.05, 0) is 26.1 Å². The van der Waals surface area contributed by atoms with Gasteiger partial charge in [-0.15, -0.1) is 0 Å². The van der Waals surface area contributed by atoms with Gasteiger partial charge in [-0.2, -0.15) is 5.10 Å². The zero-order valence-corrected chi connectivity index (χ0v) is 10.6. The van der Waals surface area contributed by atoms with E-state index in [1.807, 2.05) is 30.1 Å². The third-order valence-electron chi connectivity index (χ3n) is 2.59. The molecule has 2 rings (SSSR count). The van der Waals surface area contributed by atoms with Gasteiger partial charge in [-0.3, -0.25) is 9.25 Å². The van der Waals surface area contributed by atoms with Crippen LogP contribution in [0.5, 0.6) is 0 Å². The van der Waals surface area contributed by atoms with Crippen molar-refractivity contribution in [3.63, 3.8) is 0 Å². The Labute approximate surface area is 99.0 Å². The first-order valence-corrected chi connectivity index (χ1v) is 5.75. The Balaban J connectivity index is 2.43. The van der Waals surface area contributed by atoms with Crippen LogP contribution in [-0.2, 0) is 18.3 Å². The Hall–Kier alpha value is -1.14. The minimum atomic E-state index is 0.669. The second-order valence-electron chi connectivity index (χ2n) is 3.69. The van der Waals surface area contributed by atoms with E-state index in [-0.39, 0.29) is 0 Å². The van der Waals surface area contributed by atoms with Gasteiger partial charge in [0, 0.05) is 13.7 Å². The third-order valence-corrected chi connectivity index (χ3v) is 2.91. The maximum absolute atomic E-state index is 5.35. The van der Waals surface area contributed by atoms with Gasteiger partial charge in [0.2, 0.25) is 0 Å². The molecular weight excluding hydrogens is 224 g/mol. The molecule has 0 aliphatic rings. The van der Waals surface area contributed by atoms with Gasteiger partial charge in [0.1, 0.15) is 5.52 Å². The molecule has 2 aromatic heterocycles. The molecular formula is C10H16N4OS. The molecule has 2 heterocycles. The number of aromatic nitrogens is 4. The number of nitrogens with zero attached hydrogens (tertiary/aromatic N) is 3. The fourth-order valence-electron chi connectivity index (χ4n) is 1.88. The van der Waals surface area contributed by atoms with Crippen LogP contribution in [0.15, 0.2) is 0 Å². The van der Waals surface area contributed by atoms with Crippen molar-refractivity contribution in [3.05, 3.63) is 10.5 Å². The molecule has 0 fully saturated rings. The van der Waals surface area contributed by atoms with E-state index in [0.29, 0.717) is 6.61 Å². The quantitative estimate of drug-likeness (QED) is 0.654. The largest absolute Gasteiger partial charge is 0.380 e. The van der Waals surface area contributed by atoms with Crippen molar-refractivity contribution < 1.29 is 4.74 Å². The number of imidazole rings is 1. The van der Waals surface area contributed by atoms with E-state index < -0.39 is 0 Å². The predicted molar refractivity (Wildman–Crippen MR) is 65.1 cm³/mol. The Morgan fingerprint density at radius 3 is 2.94 bits per heavy atom. The molecule has 0 atom stereocenters. The molecule has 0 unspecified atom stereocenters. The standard InChI is InChI=1S/C10H16N4OS/c1-4-15-6-5-14-9-8(11-10(14)16)7(2)12-13(9)3/h4-6H2,1-3H3,(H,11,16). The van der Waals surface area contributed by atoms with Crippen molar-refractivity contribution in [1.82, 2.24) is 19.3 Å². The van der Waals surface area contributed by atoms with E-state index in [1.165, 1.54) is 0 Å². The van der Waals surface area contributed by atoms with Gasteiger partial charge in [0.15, 0.2) is 10.4 Å². The van der Waals surface area contributed by atoms with Crippen LogP contribution in [-0.4, -0.2) is 32.5 Å². The number of hydrogen-bond donors (Lipinski definition) is 1. The monoisotopic (exact) mass is 240 g/mol. The van der Waals surface area contributed by atoms with E-state index in [1.54, 1.807) is 0 Å². The summed E-state index contributed by atoms with van der Waals surface area (Å²) in [6, 6.07) is 0. The summed E-state index contributed by atoms with van der Waals surface area (Å²) in [6.07, 6.45) is 0. The highest BCUT2D eigenvalue weighted by Crippen LogP contribution is 2.16. The first-order chi connectivity index (χ1) is 7.65. The average Bonchev–Trinajstić information content (AvgIpc) is 2.69. The second-order valence-corrected chi connectivity index (χ2v) is 4.07. The van der Waals surface area contributed by atoms with Crippen molar-refractivity contribution in [2.45, 2.75) is 20.4 Å². The Morgan fingerprint density at radius 2 is 2.25 bits per heavy atom. The maximum Gasteiger partial charge on any atom is 0.179 e. The molecule has 0 spiro atoms. The molecule has 0 bridgehead atoms. The fourth-order valence-corrected chi connectivity index (χ4v) is 2.16. The van der Waals surface area contributed by atoms with Crippen molar-refractivity contribution in [2.75, 3.05) is 13.2 Å². The van der Waals surface area contributed by atoms with Crippen LogP contribution in [0.4, 0.5) is 0 Å². The highest BCUT2D eigenvalue weighted by molar-refractivity contribution is 7.71. The van der Waals surface area contributed by atoms with Crippen LogP contribution in [0.3, 0.4) is 0 Å². The zero-order chi connectivity index (χ0) is 11.7. The molecule has 88 valence electrons. The number of rotatable bonds is 4. The number of hydrogen-bond acceptors (Lipinski definition) is 3. The lowest BCUT2D eigenvalue weighted by Crippen LogP contribution is -2.08. The number of ether oxygens (including phenoxy) is 1. The van der Waals surface area contributed by atoms with Crippen LogP contribution in [0.25, 0.3) is 11.2 Å². The van der Waals surface area contributed by atoms with Crippen LogP contribution in [0, 0.1) is 11.7 Å². The molecule has 0 aliphatic carbocycles. The number of nitrogens with one attached hydrogen (secondary N) is 1. The van der Waals surface area contributed by atoms with Crippen molar-refractivity contribution in [3.8, 4) is 0 Å². The lowest BCUT2D eigenvalue weighted by Gasteiger charge is -2.04. The average molecular weight is 240 g/mol. The minimum Gasteiger partial charge on any atom is -0.380 e. The smallest absolute Gasteiger partial charge is 0.179 e. The lowest BCUT2D eigenvalue weighted by molar-refractivity contribution is 0.139. The van der Waals surface area contributed by atoms with Crippen LogP contribution in [0.2, 0.25) is 0 Å². The molecule has 0 aromatic carbocycles. The molecule has 16 heavy (non-hydrogen) atoms. The molecule has 0 saturated carbocycles. The van der Waals surface area contributed by atoms with Crippen LogP contribution < -0.4 is 0 Å². The summed E-state index contributed by atoms with van der Waals surface area (Å²) in [5.74, 6) is 0. The third kappa shape index (κ3) is 1.78. The summed E-state index contributed by atoms with van der Waals surface area (Å²) in [5, 5.41) is 4.36. The van der Waals surface area contributed by atoms with Crippen molar-refractivity contribution in [2.24, 2.45) is 7.05 Å². The highest BCUT2D eigenvalue weighted by Gasteiger charge is 2.11. The molecule has 0 aliphatic heterocycles. The van der Waals surface area contributed by atoms with Crippen LogP contribution in [0.1, 0.15) is 12.6 Å². The molecule has 0 saturated heterocycles. The van der Waals surface area contributed by atoms with E-state index >= 15 is 0 Å². The Morgan fingerprint density at radius 1 is 1.50 bits per heavy atom. The van der Waals surface area contributed by atoms with Crippen molar-refractivity contribution >= 4 is 23.4 Å². The number of aromatic amines is 1. The molecule has 0 amide bonds. The SMILES string of the molecule is CCOCCn1c(=S)[nH]c2c(C)nn(C)c21. The first-order valence-electron chi connectivity index (χ1n) is 5.35.